The molecule has 1 amide bonds. The van der Waals surface area contributed by atoms with E-state index in [4.69, 9.17) is 5.41 Å². The second kappa shape index (κ2) is 9.09. The number of nitrogens with one attached hydrogen (secondary N) is 2. The maximum atomic E-state index is 14.9. The Hall–Kier alpha value is -4.00. The summed E-state index contributed by atoms with van der Waals surface area (Å²) < 4.78 is 16.3. The second-order valence-electron chi connectivity index (χ2n) is 8.66. The molecule has 0 unspecified atom stereocenters. The molecule has 1 fully saturated rings. The number of amides is 1. The van der Waals surface area contributed by atoms with Crippen LogP contribution < -0.4 is 5.32 Å². The number of carbonyl (C=O) groups excluding carboxylic acids is 1. The summed E-state index contributed by atoms with van der Waals surface area (Å²) in [7, 11) is 0. The Morgan fingerprint density at radius 2 is 1.65 bits per heavy atom. The van der Waals surface area contributed by atoms with Crippen molar-refractivity contribution >= 4 is 28.2 Å². The normalized spacial score (nSPS) is 13.8. The molecule has 172 valence electrons. The summed E-state index contributed by atoms with van der Waals surface area (Å²) in [6, 6.07) is 19.6. The van der Waals surface area contributed by atoms with Crippen LogP contribution in [0.3, 0.4) is 0 Å². The lowest BCUT2D eigenvalue weighted by molar-refractivity contribution is 0.101. The maximum absolute atomic E-state index is 14.9. The molecule has 0 atom stereocenters. The molecule has 0 aliphatic carbocycles. The molecule has 0 bridgehead atoms. The summed E-state index contributed by atoms with van der Waals surface area (Å²) in [6.07, 6.45) is 3.44. The number of aryl methyl sites for hydroxylation is 1. The molecule has 1 aromatic heterocycles. The minimum atomic E-state index is -0.448. The molecule has 0 spiro atoms. The van der Waals surface area contributed by atoms with Gasteiger partial charge in [-0.25, -0.2) is 9.07 Å². The Morgan fingerprint density at radius 3 is 2.35 bits per heavy atom. The van der Waals surface area contributed by atoms with E-state index in [-0.39, 0.29) is 17.3 Å². The minimum absolute atomic E-state index is 0.224. The summed E-state index contributed by atoms with van der Waals surface area (Å²) in [4.78, 5) is 15.2. The average Bonchev–Trinajstić information content (AvgIpc) is 3.25. The number of rotatable bonds is 4. The highest BCUT2D eigenvalue weighted by molar-refractivity contribution is 6.04. The smallest absolute Gasteiger partial charge is 0.274 e. The summed E-state index contributed by atoms with van der Waals surface area (Å²) >= 11 is 0. The first-order chi connectivity index (χ1) is 16.5. The van der Waals surface area contributed by atoms with Gasteiger partial charge >= 0.3 is 0 Å². The monoisotopic (exact) mass is 455 g/mol. The summed E-state index contributed by atoms with van der Waals surface area (Å²) in [6.45, 7) is 3.59. The number of fused-ring (bicyclic) bond motifs is 1. The highest BCUT2D eigenvalue weighted by Gasteiger charge is 2.19. The summed E-state index contributed by atoms with van der Waals surface area (Å²) in [5.74, 6) is -0.318. The molecule has 0 radical (unpaired) electrons. The zero-order valence-corrected chi connectivity index (χ0v) is 19.0. The van der Waals surface area contributed by atoms with Gasteiger partial charge in [0.25, 0.3) is 5.91 Å². The lowest BCUT2D eigenvalue weighted by atomic mass is 10.1. The molecular formula is C27H26FN5O. The number of aromatic nitrogens is 2. The Balaban J connectivity index is 1.38. The van der Waals surface area contributed by atoms with E-state index in [9.17, 15) is 9.18 Å². The number of amidine groups is 1. The van der Waals surface area contributed by atoms with Crippen LogP contribution in [0.15, 0.2) is 66.7 Å². The molecule has 1 saturated heterocycles. The first kappa shape index (κ1) is 21.8. The molecule has 4 aromatic rings. The first-order valence-electron chi connectivity index (χ1n) is 11.5. The number of likely N-dealkylation sites (tertiary alicyclic amines) is 1. The topological polar surface area (TPSA) is 74.0 Å². The zero-order valence-electron chi connectivity index (χ0n) is 19.0. The lowest BCUT2D eigenvalue weighted by Crippen LogP contribution is -2.35. The van der Waals surface area contributed by atoms with Crippen LogP contribution in [-0.4, -0.2) is 39.5 Å². The molecule has 2 heterocycles. The Labute approximate surface area is 197 Å². The highest BCUT2D eigenvalue weighted by Crippen LogP contribution is 2.24. The van der Waals surface area contributed by atoms with Crippen molar-refractivity contribution in [1.82, 2.24) is 14.7 Å². The van der Waals surface area contributed by atoms with Gasteiger partial charge in [0.05, 0.1) is 5.69 Å². The van der Waals surface area contributed by atoms with Gasteiger partial charge in [-0.15, -0.1) is 0 Å². The van der Waals surface area contributed by atoms with Gasteiger partial charge in [0, 0.05) is 24.3 Å². The van der Waals surface area contributed by atoms with E-state index in [1.165, 1.54) is 17.2 Å². The van der Waals surface area contributed by atoms with E-state index >= 15 is 0 Å². The summed E-state index contributed by atoms with van der Waals surface area (Å²) in [5.41, 5.74) is 2.51. The maximum Gasteiger partial charge on any atom is 0.274 e. The fourth-order valence-electron chi connectivity index (χ4n) is 4.41. The minimum Gasteiger partial charge on any atom is -0.357 e. The van der Waals surface area contributed by atoms with Crippen LogP contribution in [0.5, 0.6) is 0 Å². The van der Waals surface area contributed by atoms with Crippen molar-refractivity contribution in [2.24, 2.45) is 0 Å². The third kappa shape index (κ3) is 4.29. The fourth-order valence-corrected chi connectivity index (χ4v) is 4.41. The van der Waals surface area contributed by atoms with Crippen molar-refractivity contribution in [3.05, 3.63) is 89.5 Å². The number of halogens is 1. The molecule has 7 heteroatoms. The van der Waals surface area contributed by atoms with Gasteiger partial charge in [0.1, 0.15) is 23.0 Å². The van der Waals surface area contributed by atoms with Gasteiger partial charge in [0.2, 0.25) is 0 Å². The standard InChI is InChI=1S/C27H26FN5O/c1-18-15-25(33(31-18)24-17-21-8-4-3-7-20(21)16-23(24)28)27(34)30-22-11-9-19(10-12-22)26(29)32-13-5-2-6-14-32/h3-4,7-12,15-17,29H,2,5-6,13-14H2,1H3,(H,30,34). The van der Waals surface area contributed by atoms with Crippen LogP contribution >= 0.6 is 0 Å². The Morgan fingerprint density at radius 1 is 0.971 bits per heavy atom. The molecular weight excluding hydrogens is 429 g/mol. The number of carbonyl (C=O) groups is 1. The molecule has 2 N–H and O–H groups in total. The van der Waals surface area contributed by atoms with E-state index in [0.717, 1.165) is 42.3 Å². The number of piperidine rings is 1. The van der Waals surface area contributed by atoms with Crippen molar-refractivity contribution in [2.75, 3.05) is 18.4 Å². The third-order valence-corrected chi connectivity index (χ3v) is 6.20. The quantitative estimate of drug-likeness (QED) is 0.314. The lowest BCUT2D eigenvalue weighted by Gasteiger charge is -2.29. The molecule has 6 nitrogen and oxygen atoms in total. The van der Waals surface area contributed by atoms with E-state index in [2.05, 4.69) is 15.3 Å². The first-order valence-corrected chi connectivity index (χ1v) is 11.5. The van der Waals surface area contributed by atoms with Crippen molar-refractivity contribution in [2.45, 2.75) is 26.2 Å². The average molecular weight is 456 g/mol. The van der Waals surface area contributed by atoms with Crippen LogP contribution in [0, 0.1) is 18.2 Å². The van der Waals surface area contributed by atoms with Crippen LogP contribution in [0.4, 0.5) is 10.1 Å². The number of anilines is 1. The molecule has 0 saturated carbocycles. The van der Waals surface area contributed by atoms with Gasteiger partial charge in [-0.2, -0.15) is 5.10 Å². The van der Waals surface area contributed by atoms with Crippen molar-refractivity contribution in [1.29, 1.82) is 5.41 Å². The highest BCUT2D eigenvalue weighted by atomic mass is 19.1. The van der Waals surface area contributed by atoms with E-state index in [1.807, 2.05) is 36.4 Å². The summed E-state index contributed by atoms with van der Waals surface area (Å²) in [5, 5.41) is 17.4. The number of hydrogen-bond acceptors (Lipinski definition) is 3. The molecule has 5 rings (SSSR count). The van der Waals surface area contributed by atoms with Gasteiger partial charge < -0.3 is 10.2 Å². The van der Waals surface area contributed by atoms with E-state index in [1.54, 1.807) is 31.2 Å². The van der Waals surface area contributed by atoms with Gasteiger partial charge in [0.15, 0.2) is 0 Å². The molecule has 1 aliphatic rings. The molecule has 3 aromatic carbocycles. The van der Waals surface area contributed by atoms with Crippen molar-refractivity contribution in [3.8, 4) is 5.69 Å². The Kier molecular flexibility index (Phi) is 5.84. The molecule has 1 aliphatic heterocycles. The van der Waals surface area contributed by atoms with Gasteiger partial charge in [-0.3, -0.25) is 10.2 Å². The van der Waals surface area contributed by atoms with Crippen LogP contribution in [-0.2, 0) is 0 Å². The zero-order chi connectivity index (χ0) is 23.7. The van der Waals surface area contributed by atoms with Crippen molar-refractivity contribution in [3.63, 3.8) is 0 Å². The van der Waals surface area contributed by atoms with Crippen LogP contribution in [0.25, 0.3) is 16.5 Å². The number of benzene rings is 3. The predicted octanol–water partition coefficient (Wildman–Crippen LogP) is 5.54. The second-order valence-corrected chi connectivity index (χ2v) is 8.66. The predicted molar refractivity (Wildman–Crippen MR) is 132 cm³/mol. The Bertz CT molecular complexity index is 1370. The number of hydrogen-bond donors (Lipinski definition) is 2. The number of nitrogens with zero attached hydrogens (tertiary/aromatic N) is 3. The van der Waals surface area contributed by atoms with Crippen LogP contribution in [0.2, 0.25) is 0 Å². The van der Waals surface area contributed by atoms with E-state index in [0.29, 0.717) is 17.2 Å². The van der Waals surface area contributed by atoms with Gasteiger partial charge in [-0.1, -0.05) is 24.3 Å². The fraction of sp³-hybridized carbons (Fsp3) is 0.222. The molecule has 34 heavy (non-hydrogen) atoms. The SMILES string of the molecule is Cc1cc(C(=O)Nc2ccc(C(=N)N3CCCCC3)cc2)n(-c2cc3ccccc3cc2F)n1. The van der Waals surface area contributed by atoms with E-state index < -0.39 is 5.82 Å². The largest absolute Gasteiger partial charge is 0.357 e. The third-order valence-electron chi connectivity index (χ3n) is 6.20. The van der Waals surface area contributed by atoms with Crippen LogP contribution in [0.1, 0.15) is 41.0 Å². The van der Waals surface area contributed by atoms with Gasteiger partial charge in [-0.05, 0) is 79.4 Å². The van der Waals surface area contributed by atoms with Crippen molar-refractivity contribution < 1.29 is 9.18 Å².